The van der Waals surface area contributed by atoms with Gasteiger partial charge in [0.25, 0.3) is 0 Å². The van der Waals surface area contributed by atoms with Gasteiger partial charge in [-0.05, 0) is 39.7 Å². The maximum Gasteiger partial charge on any atom is 0.315 e. The minimum absolute atomic E-state index is 0.134. The molecule has 0 radical (unpaired) electrons. The molecule has 2 saturated heterocycles. The lowest BCUT2D eigenvalue weighted by molar-refractivity contribution is -0.146. The van der Waals surface area contributed by atoms with E-state index >= 15 is 0 Å². The fourth-order valence-corrected chi connectivity index (χ4v) is 2.85. The second-order valence-corrected chi connectivity index (χ2v) is 6.16. The van der Waals surface area contributed by atoms with Crippen molar-refractivity contribution in [2.45, 2.75) is 45.2 Å². The molecule has 2 fully saturated rings. The van der Waals surface area contributed by atoms with Crippen molar-refractivity contribution in [2.75, 3.05) is 19.6 Å². The van der Waals surface area contributed by atoms with Crippen molar-refractivity contribution in [1.29, 1.82) is 0 Å². The number of carbonyl (C=O) groups is 2. The van der Waals surface area contributed by atoms with Crippen LogP contribution in [0.4, 0.5) is 4.79 Å². The van der Waals surface area contributed by atoms with Crippen molar-refractivity contribution in [3.8, 4) is 0 Å². The van der Waals surface area contributed by atoms with Gasteiger partial charge in [0.05, 0.1) is 5.41 Å². The van der Waals surface area contributed by atoms with Gasteiger partial charge in [0, 0.05) is 25.2 Å². The van der Waals surface area contributed by atoms with Gasteiger partial charge in [-0.3, -0.25) is 9.69 Å². The SMILES string of the molecule is CC(C)(CNC(=O)NC1CCN2CCCC12)C(=O)O. The van der Waals surface area contributed by atoms with Crippen molar-refractivity contribution < 1.29 is 14.7 Å². The molecule has 6 heteroatoms. The van der Waals surface area contributed by atoms with Gasteiger partial charge < -0.3 is 15.7 Å². The van der Waals surface area contributed by atoms with E-state index in [1.54, 1.807) is 13.8 Å². The second-order valence-electron chi connectivity index (χ2n) is 6.16. The van der Waals surface area contributed by atoms with Gasteiger partial charge >= 0.3 is 12.0 Å². The average Bonchev–Trinajstić information content (AvgIpc) is 2.91. The molecular formula is C13H23N3O3. The van der Waals surface area contributed by atoms with Crippen LogP contribution in [0.15, 0.2) is 0 Å². The van der Waals surface area contributed by atoms with Gasteiger partial charge in [-0.2, -0.15) is 0 Å². The summed E-state index contributed by atoms with van der Waals surface area (Å²) in [6.45, 7) is 5.52. The molecule has 0 spiro atoms. The number of fused-ring (bicyclic) bond motifs is 1. The fourth-order valence-electron chi connectivity index (χ4n) is 2.85. The number of carboxylic acids is 1. The molecule has 0 aromatic carbocycles. The van der Waals surface area contributed by atoms with Gasteiger partial charge in [-0.15, -0.1) is 0 Å². The lowest BCUT2D eigenvalue weighted by Crippen LogP contribution is -2.49. The van der Waals surface area contributed by atoms with Gasteiger partial charge in [-0.1, -0.05) is 0 Å². The van der Waals surface area contributed by atoms with Crippen LogP contribution in [-0.4, -0.2) is 53.7 Å². The number of amides is 2. The first-order valence-corrected chi connectivity index (χ1v) is 6.92. The molecule has 0 aromatic rings. The summed E-state index contributed by atoms with van der Waals surface area (Å²) in [5.41, 5.74) is -0.938. The molecule has 2 amide bonds. The highest BCUT2D eigenvalue weighted by molar-refractivity contribution is 5.77. The largest absolute Gasteiger partial charge is 0.481 e. The zero-order chi connectivity index (χ0) is 14.0. The number of aliphatic carboxylic acids is 1. The van der Waals surface area contributed by atoms with Crippen molar-refractivity contribution in [3.63, 3.8) is 0 Å². The molecule has 6 nitrogen and oxygen atoms in total. The van der Waals surface area contributed by atoms with E-state index in [-0.39, 0.29) is 18.6 Å². The third-order valence-electron chi connectivity index (χ3n) is 4.19. The van der Waals surface area contributed by atoms with Gasteiger partial charge in [-0.25, -0.2) is 4.79 Å². The van der Waals surface area contributed by atoms with Crippen LogP contribution < -0.4 is 10.6 Å². The highest BCUT2D eigenvalue weighted by atomic mass is 16.4. The van der Waals surface area contributed by atoms with Gasteiger partial charge in [0.1, 0.15) is 0 Å². The summed E-state index contributed by atoms with van der Waals surface area (Å²) in [5, 5.41) is 14.6. The maximum atomic E-state index is 11.8. The minimum Gasteiger partial charge on any atom is -0.481 e. The van der Waals surface area contributed by atoms with Crippen LogP contribution in [0.1, 0.15) is 33.1 Å². The van der Waals surface area contributed by atoms with Crippen molar-refractivity contribution in [3.05, 3.63) is 0 Å². The van der Waals surface area contributed by atoms with Crippen molar-refractivity contribution in [2.24, 2.45) is 5.41 Å². The first-order valence-electron chi connectivity index (χ1n) is 6.92. The second kappa shape index (κ2) is 5.36. The quantitative estimate of drug-likeness (QED) is 0.699. The third kappa shape index (κ3) is 3.18. The molecule has 2 aliphatic rings. The van der Waals surface area contributed by atoms with E-state index in [2.05, 4.69) is 15.5 Å². The number of nitrogens with one attached hydrogen (secondary N) is 2. The molecule has 2 rings (SSSR count). The molecule has 2 atom stereocenters. The standard InChI is InChI=1S/C13H23N3O3/c1-13(2,11(17)18)8-14-12(19)15-9-5-7-16-6-3-4-10(9)16/h9-10H,3-8H2,1-2H3,(H,17,18)(H2,14,15,19). The Labute approximate surface area is 113 Å². The maximum absolute atomic E-state index is 11.8. The molecule has 2 unspecified atom stereocenters. The van der Waals surface area contributed by atoms with Crippen LogP contribution in [0, 0.1) is 5.41 Å². The van der Waals surface area contributed by atoms with Crippen LogP contribution >= 0.6 is 0 Å². The molecule has 0 saturated carbocycles. The smallest absolute Gasteiger partial charge is 0.315 e. The Balaban J connectivity index is 1.77. The van der Waals surface area contributed by atoms with Crippen LogP contribution in [-0.2, 0) is 4.79 Å². The van der Waals surface area contributed by atoms with Crippen LogP contribution in [0.2, 0.25) is 0 Å². The normalized spacial score (nSPS) is 27.1. The third-order valence-corrected chi connectivity index (χ3v) is 4.19. The molecule has 0 bridgehead atoms. The van der Waals surface area contributed by atoms with E-state index in [1.807, 2.05) is 0 Å². The summed E-state index contributed by atoms with van der Waals surface area (Å²) in [5.74, 6) is -0.907. The summed E-state index contributed by atoms with van der Waals surface area (Å²) >= 11 is 0. The fraction of sp³-hybridized carbons (Fsp3) is 0.846. The number of carbonyl (C=O) groups excluding carboxylic acids is 1. The van der Waals surface area contributed by atoms with Crippen LogP contribution in [0.3, 0.4) is 0 Å². The summed E-state index contributed by atoms with van der Waals surface area (Å²) in [6.07, 6.45) is 3.34. The summed E-state index contributed by atoms with van der Waals surface area (Å²) in [6, 6.07) is 0.418. The Morgan fingerprint density at radius 1 is 1.32 bits per heavy atom. The van der Waals surface area contributed by atoms with E-state index in [0.717, 1.165) is 25.9 Å². The van der Waals surface area contributed by atoms with E-state index < -0.39 is 11.4 Å². The molecule has 0 aliphatic carbocycles. The molecule has 0 aromatic heterocycles. The number of nitrogens with zero attached hydrogens (tertiary/aromatic N) is 1. The highest BCUT2D eigenvalue weighted by Gasteiger charge is 2.38. The van der Waals surface area contributed by atoms with E-state index in [1.165, 1.54) is 6.42 Å². The van der Waals surface area contributed by atoms with Crippen LogP contribution in [0.25, 0.3) is 0 Å². The Morgan fingerprint density at radius 3 is 2.74 bits per heavy atom. The topological polar surface area (TPSA) is 81.7 Å². The molecule has 2 heterocycles. The first-order chi connectivity index (χ1) is 8.90. The van der Waals surface area contributed by atoms with Gasteiger partial charge in [0.2, 0.25) is 0 Å². The Bertz CT molecular complexity index is 370. The first kappa shape index (κ1) is 14.1. The average molecular weight is 269 g/mol. The van der Waals surface area contributed by atoms with E-state index in [4.69, 9.17) is 5.11 Å². The van der Waals surface area contributed by atoms with Crippen molar-refractivity contribution in [1.82, 2.24) is 15.5 Å². The number of rotatable bonds is 4. The van der Waals surface area contributed by atoms with E-state index in [0.29, 0.717) is 6.04 Å². The summed E-state index contributed by atoms with van der Waals surface area (Å²) < 4.78 is 0. The minimum atomic E-state index is -0.938. The number of urea groups is 1. The van der Waals surface area contributed by atoms with E-state index in [9.17, 15) is 9.59 Å². The lowest BCUT2D eigenvalue weighted by Gasteiger charge is -2.23. The monoisotopic (exact) mass is 269 g/mol. The zero-order valence-electron chi connectivity index (χ0n) is 11.6. The Hall–Kier alpha value is -1.30. The molecule has 3 N–H and O–H groups in total. The van der Waals surface area contributed by atoms with Gasteiger partial charge in [0.15, 0.2) is 0 Å². The lowest BCUT2D eigenvalue weighted by atomic mass is 9.94. The molecular weight excluding hydrogens is 246 g/mol. The van der Waals surface area contributed by atoms with Crippen LogP contribution in [0.5, 0.6) is 0 Å². The highest BCUT2D eigenvalue weighted by Crippen LogP contribution is 2.27. The Kier molecular flexibility index (Phi) is 3.99. The predicted octanol–water partition coefficient (Wildman–Crippen LogP) is 0.633. The molecule has 19 heavy (non-hydrogen) atoms. The zero-order valence-corrected chi connectivity index (χ0v) is 11.6. The summed E-state index contributed by atoms with van der Waals surface area (Å²) in [4.78, 5) is 25.2. The Morgan fingerprint density at radius 2 is 2.05 bits per heavy atom. The molecule has 108 valence electrons. The number of carboxylic acid groups (broad SMARTS) is 1. The van der Waals surface area contributed by atoms with Crippen molar-refractivity contribution >= 4 is 12.0 Å². The number of hydrogen-bond donors (Lipinski definition) is 3. The number of hydrogen-bond acceptors (Lipinski definition) is 3. The predicted molar refractivity (Wildman–Crippen MR) is 71.0 cm³/mol. The summed E-state index contributed by atoms with van der Waals surface area (Å²) in [7, 11) is 0. The molecule has 2 aliphatic heterocycles.